The van der Waals surface area contributed by atoms with Crippen LogP contribution in [0.15, 0.2) is 54.6 Å². The Morgan fingerprint density at radius 2 is 1.57 bits per heavy atom. The van der Waals surface area contributed by atoms with Gasteiger partial charge in [0.05, 0.1) is 5.54 Å². The number of rotatable bonds is 3. The van der Waals surface area contributed by atoms with Crippen LogP contribution in [0.4, 0.5) is 5.69 Å². The van der Waals surface area contributed by atoms with E-state index in [0.717, 1.165) is 25.7 Å². The van der Waals surface area contributed by atoms with Crippen molar-refractivity contribution < 1.29 is 4.79 Å². The standard InChI is InChI=1S/C18H20N2O/c19-16-10-8-14(9-11-16)17(21)20-18(12-4-5-13-18)15-6-2-1-3-7-15/h1-3,6-11H,4-5,12-13,19H2,(H,20,21). The molecule has 0 heterocycles. The zero-order valence-electron chi connectivity index (χ0n) is 12.0. The minimum atomic E-state index is -0.222. The lowest BCUT2D eigenvalue weighted by atomic mass is 9.88. The van der Waals surface area contributed by atoms with Crippen LogP contribution >= 0.6 is 0 Å². The van der Waals surface area contributed by atoms with Gasteiger partial charge in [-0.25, -0.2) is 0 Å². The Balaban J connectivity index is 1.86. The first-order valence-corrected chi connectivity index (χ1v) is 7.43. The summed E-state index contributed by atoms with van der Waals surface area (Å²) in [7, 11) is 0. The van der Waals surface area contributed by atoms with E-state index >= 15 is 0 Å². The minimum absolute atomic E-state index is 0.0271. The van der Waals surface area contributed by atoms with E-state index in [1.807, 2.05) is 18.2 Å². The number of amides is 1. The van der Waals surface area contributed by atoms with Crippen LogP contribution in [-0.4, -0.2) is 5.91 Å². The maximum absolute atomic E-state index is 12.5. The fraction of sp³-hybridized carbons (Fsp3) is 0.278. The highest BCUT2D eigenvalue weighted by molar-refractivity contribution is 5.95. The summed E-state index contributed by atoms with van der Waals surface area (Å²) in [6.07, 6.45) is 4.29. The largest absolute Gasteiger partial charge is 0.399 e. The van der Waals surface area contributed by atoms with Crippen molar-refractivity contribution in [1.82, 2.24) is 5.32 Å². The molecule has 1 fully saturated rings. The Hall–Kier alpha value is -2.29. The number of nitrogens with two attached hydrogens (primary N) is 1. The molecule has 0 aromatic heterocycles. The van der Waals surface area contributed by atoms with E-state index in [2.05, 4.69) is 17.4 Å². The van der Waals surface area contributed by atoms with Crippen LogP contribution in [0.2, 0.25) is 0 Å². The molecule has 0 atom stereocenters. The molecule has 1 saturated carbocycles. The van der Waals surface area contributed by atoms with Gasteiger partial charge in [-0.3, -0.25) is 4.79 Å². The third kappa shape index (κ3) is 2.77. The van der Waals surface area contributed by atoms with Gasteiger partial charge in [0.2, 0.25) is 0 Å². The Labute approximate surface area is 125 Å². The number of benzene rings is 2. The summed E-state index contributed by atoms with van der Waals surface area (Å²) in [5, 5.41) is 3.26. The summed E-state index contributed by atoms with van der Waals surface area (Å²) < 4.78 is 0. The number of hydrogen-bond donors (Lipinski definition) is 2. The van der Waals surface area contributed by atoms with E-state index in [0.29, 0.717) is 11.3 Å². The summed E-state index contributed by atoms with van der Waals surface area (Å²) >= 11 is 0. The van der Waals surface area contributed by atoms with Gasteiger partial charge in [-0.05, 0) is 42.7 Å². The van der Waals surface area contributed by atoms with Crippen LogP contribution in [-0.2, 0) is 5.54 Å². The highest BCUT2D eigenvalue weighted by atomic mass is 16.1. The molecule has 0 spiro atoms. The van der Waals surface area contributed by atoms with Crippen molar-refractivity contribution >= 4 is 11.6 Å². The minimum Gasteiger partial charge on any atom is -0.399 e. The molecule has 0 radical (unpaired) electrons. The van der Waals surface area contributed by atoms with Gasteiger partial charge in [0.1, 0.15) is 0 Å². The second kappa shape index (κ2) is 5.60. The fourth-order valence-electron chi connectivity index (χ4n) is 3.15. The van der Waals surface area contributed by atoms with Gasteiger partial charge >= 0.3 is 0 Å². The van der Waals surface area contributed by atoms with Crippen molar-refractivity contribution in [1.29, 1.82) is 0 Å². The zero-order chi connectivity index (χ0) is 14.7. The third-order valence-electron chi connectivity index (χ3n) is 4.31. The predicted octanol–water partition coefficient (Wildman–Crippen LogP) is 3.47. The molecular formula is C18H20N2O. The molecule has 2 aromatic rings. The van der Waals surface area contributed by atoms with E-state index in [-0.39, 0.29) is 11.4 Å². The summed E-state index contributed by atoms with van der Waals surface area (Å²) in [6, 6.07) is 17.4. The number of carbonyl (C=O) groups is 1. The van der Waals surface area contributed by atoms with Gasteiger partial charge in [-0.15, -0.1) is 0 Å². The van der Waals surface area contributed by atoms with Crippen LogP contribution in [0.3, 0.4) is 0 Å². The molecule has 3 N–H and O–H groups in total. The van der Waals surface area contributed by atoms with Crippen LogP contribution in [0.25, 0.3) is 0 Å². The molecule has 3 nitrogen and oxygen atoms in total. The molecular weight excluding hydrogens is 260 g/mol. The first-order chi connectivity index (χ1) is 10.2. The Morgan fingerprint density at radius 3 is 2.19 bits per heavy atom. The number of nitrogens with one attached hydrogen (secondary N) is 1. The Morgan fingerprint density at radius 1 is 0.952 bits per heavy atom. The molecule has 0 aliphatic heterocycles. The van der Waals surface area contributed by atoms with Crippen molar-refractivity contribution in [2.75, 3.05) is 5.73 Å². The molecule has 3 rings (SSSR count). The highest BCUT2D eigenvalue weighted by Gasteiger charge is 2.36. The lowest BCUT2D eigenvalue weighted by Crippen LogP contribution is -2.43. The zero-order valence-corrected chi connectivity index (χ0v) is 12.0. The summed E-state index contributed by atoms with van der Waals surface area (Å²) in [4.78, 5) is 12.5. The van der Waals surface area contributed by atoms with Crippen LogP contribution in [0, 0.1) is 0 Å². The molecule has 0 saturated heterocycles. The van der Waals surface area contributed by atoms with Crippen molar-refractivity contribution in [2.24, 2.45) is 0 Å². The maximum atomic E-state index is 12.5. The number of anilines is 1. The number of carbonyl (C=O) groups excluding carboxylic acids is 1. The van der Waals surface area contributed by atoms with Gasteiger partial charge in [0.15, 0.2) is 0 Å². The van der Waals surface area contributed by atoms with Crippen LogP contribution < -0.4 is 11.1 Å². The Bertz CT molecular complexity index is 613. The van der Waals surface area contributed by atoms with Gasteiger partial charge < -0.3 is 11.1 Å². The molecule has 0 bridgehead atoms. The third-order valence-corrected chi connectivity index (χ3v) is 4.31. The lowest BCUT2D eigenvalue weighted by molar-refractivity contribution is 0.0898. The summed E-state index contributed by atoms with van der Waals surface area (Å²) in [6.45, 7) is 0. The summed E-state index contributed by atoms with van der Waals surface area (Å²) in [5.41, 5.74) is 7.98. The first-order valence-electron chi connectivity index (χ1n) is 7.43. The second-order valence-electron chi connectivity index (χ2n) is 5.73. The van der Waals surface area contributed by atoms with Crippen LogP contribution in [0.1, 0.15) is 41.6 Å². The summed E-state index contributed by atoms with van der Waals surface area (Å²) in [5.74, 6) is -0.0271. The van der Waals surface area contributed by atoms with Crippen molar-refractivity contribution in [3.8, 4) is 0 Å². The molecule has 1 aliphatic carbocycles. The molecule has 0 unspecified atom stereocenters. The quantitative estimate of drug-likeness (QED) is 0.846. The monoisotopic (exact) mass is 280 g/mol. The smallest absolute Gasteiger partial charge is 0.251 e. The maximum Gasteiger partial charge on any atom is 0.251 e. The topological polar surface area (TPSA) is 55.1 Å². The average molecular weight is 280 g/mol. The molecule has 3 heteroatoms. The first kappa shape index (κ1) is 13.7. The second-order valence-corrected chi connectivity index (χ2v) is 5.73. The fourth-order valence-corrected chi connectivity index (χ4v) is 3.15. The van der Waals surface area contributed by atoms with Crippen molar-refractivity contribution in [3.05, 3.63) is 65.7 Å². The van der Waals surface area contributed by atoms with E-state index in [4.69, 9.17) is 5.73 Å². The molecule has 1 aliphatic rings. The SMILES string of the molecule is Nc1ccc(C(=O)NC2(c3ccccc3)CCCC2)cc1. The van der Waals surface area contributed by atoms with Crippen molar-refractivity contribution in [3.63, 3.8) is 0 Å². The van der Waals surface area contributed by atoms with E-state index < -0.39 is 0 Å². The molecule has 1 amide bonds. The lowest BCUT2D eigenvalue weighted by Gasteiger charge is -2.31. The van der Waals surface area contributed by atoms with E-state index in [1.165, 1.54) is 5.56 Å². The van der Waals surface area contributed by atoms with Gasteiger partial charge in [0, 0.05) is 11.3 Å². The van der Waals surface area contributed by atoms with Gasteiger partial charge in [-0.1, -0.05) is 43.2 Å². The van der Waals surface area contributed by atoms with Gasteiger partial charge in [0.25, 0.3) is 5.91 Å². The normalized spacial score (nSPS) is 16.6. The van der Waals surface area contributed by atoms with E-state index in [9.17, 15) is 4.79 Å². The number of hydrogen-bond acceptors (Lipinski definition) is 2. The van der Waals surface area contributed by atoms with Gasteiger partial charge in [-0.2, -0.15) is 0 Å². The molecule has 2 aromatic carbocycles. The average Bonchev–Trinajstić information content (AvgIpc) is 2.98. The van der Waals surface area contributed by atoms with Crippen LogP contribution in [0.5, 0.6) is 0 Å². The van der Waals surface area contributed by atoms with Crippen molar-refractivity contribution in [2.45, 2.75) is 31.2 Å². The molecule has 21 heavy (non-hydrogen) atoms. The molecule has 108 valence electrons. The van der Waals surface area contributed by atoms with E-state index in [1.54, 1.807) is 24.3 Å². The Kier molecular flexibility index (Phi) is 3.65. The number of nitrogen functional groups attached to an aromatic ring is 1. The highest BCUT2D eigenvalue weighted by Crippen LogP contribution is 2.38. The predicted molar refractivity (Wildman–Crippen MR) is 84.9 cm³/mol.